The van der Waals surface area contributed by atoms with Gasteiger partial charge in [0.2, 0.25) is 6.04 Å². The molecule has 1 aromatic carbocycles. The highest BCUT2D eigenvalue weighted by Crippen LogP contribution is 2.09. The number of aryl methyl sites for hydroxylation is 1. The molecule has 0 aliphatic heterocycles. The van der Waals surface area contributed by atoms with Crippen molar-refractivity contribution < 1.29 is 29.0 Å². The Kier molecular flexibility index (Phi) is 3.98. The maximum Gasteiger partial charge on any atom is 0.338 e. The highest BCUT2D eigenvalue weighted by molar-refractivity contribution is 6.04. The van der Waals surface area contributed by atoms with Gasteiger partial charge >= 0.3 is 11.9 Å². The van der Waals surface area contributed by atoms with Crippen molar-refractivity contribution in [2.75, 3.05) is 0 Å². The standard InChI is InChI=1S/C11H10FNO5/c1-5-2-3-6(4-7(5)12)9(14)13-8(10(15)16)11(17)18/h2-4,8H,1H3,(H,13,14)(H,15,16)(H,17,18). The summed E-state index contributed by atoms with van der Waals surface area (Å²) in [5, 5.41) is 18.9. The Balaban J connectivity index is 2.90. The van der Waals surface area contributed by atoms with Crippen molar-refractivity contribution in [2.45, 2.75) is 13.0 Å². The maximum atomic E-state index is 13.2. The van der Waals surface area contributed by atoms with Gasteiger partial charge in [-0.1, -0.05) is 6.07 Å². The van der Waals surface area contributed by atoms with Gasteiger partial charge in [0.15, 0.2) is 0 Å². The van der Waals surface area contributed by atoms with E-state index in [1.807, 2.05) is 0 Å². The molecular formula is C11H10FNO5. The van der Waals surface area contributed by atoms with E-state index in [-0.39, 0.29) is 5.56 Å². The number of carbonyl (C=O) groups excluding carboxylic acids is 1. The number of amides is 1. The number of carboxylic acid groups (broad SMARTS) is 2. The Hall–Kier alpha value is -2.44. The van der Waals surface area contributed by atoms with Crippen molar-refractivity contribution in [3.63, 3.8) is 0 Å². The molecule has 6 nitrogen and oxygen atoms in total. The largest absolute Gasteiger partial charge is 0.479 e. The fraction of sp³-hybridized carbons (Fsp3) is 0.182. The normalized spacial score (nSPS) is 10.2. The summed E-state index contributed by atoms with van der Waals surface area (Å²) in [6, 6.07) is 1.45. The number of hydrogen-bond acceptors (Lipinski definition) is 3. The minimum atomic E-state index is -2.07. The molecule has 0 atom stereocenters. The molecule has 0 aromatic heterocycles. The minimum Gasteiger partial charge on any atom is -0.479 e. The van der Waals surface area contributed by atoms with Gasteiger partial charge in [-0.2, -0.15) is 0 Å². The molecule has 0 aliphatic rings. The third kappa shape index (κ3) is 3.03. The number of benzene rings is 1. The predicted molar refractivity (Wildman–Crippen MR) is 57.7 cm³/mol. The molecular weight excluding hydrogens is 245 g/mol. The van der Waals surface area contributed by atoms with Gasteiger partial charge in [0.1, 0.15) is 5.82 Å². The molecule has 0 saturated heterocycles. The number of carboxylic acids is 2. The molecule has 0 spiro atoms. The van der Waals surface area contributed by atoms with Crippen LogP contribution in [0.3, 0.4) is 0 Å². The quantitative estimate of drug-likeness (QED) is 0.676. The molecule has 0 aliphatic carbocycles. The van der Waals surface area contributed by atoms with E-state index >= 15 is 0 Å². The first-order valence-electron chi connectivity index (χ1n) is 4.85. The Labute approximate surface area is 101 Å². The second kappa shape index (κ2) is 5.26. The second-order valence-corrected chi connectivity index (χ2v) is 3.55. The zero-order valence-corrected chi connectivity index (χ0v) is 9.31. The van der Waals surface area contributed by atoms with Crippen molar-refractivity contribution in [2.24, 2.45) is 0 Å². The number of carbonyl (C=O) groups is 3. The minimum absolute atomic E-state index is 0.148. The molecule has 7 heteroatoms. The third-order valence-corrected chi connectivity index (χ3v) is 2.20. The Bertz CT molecular complexity index is 500. The van der Waals surface area contributed by atoms with Gasteiger partial charge in [-0.15, -0.1) is 0 Å². The number of halogens is 1. The fourth-order valence-corrected chi connectivity index (χ4v) is 1.18. The second-order valence-electron chi connectivity index (χ2n) is 3.55. The Morgan fingerprint density at radius 1 is 1.22 bits per heavy atom. The van der Waals surface area contributed by atoms with E-state index in [0.717, 1.165) is 6.07 Å². The van der Waals surface area contributed by atoms with Crippen LogP contribution in [-0.4, -0.2) is 34.1 Å². The fourth-order valence-electron chi connectivity index (χ4n) is 1.18. The first kappa shape index (κ1) is 13.6. The summed E-state index contributed by atoms with van der Waals surface area (Å²) in [4.78, 5) is 32.6. The summed E-state index contributed by atoms with van der Waals surface area (Å²) in [6.07, 6.45) is 0. The van der Waals surface area contributed by atoms with Crippen LogP contribution in [0.4, 0.5) is 4.39 Å². The van der Waals surface area contributed by atoms with E-state index in [1.54, 1.807) is 5.32 Å². The molecule has 1 rings (SSSR count). The summed E-state index contributed by atoms with van der Waals surface area (Å²) in [6.45, 7) is 1.49. The van der Waals surface area contributed by atoms with Crippen molar-refractivity contribution in [1.29, 1.82) is 0 Å². The van der Waals surface area contributed by atoms with Gasteiger partial charge in [0, 0.05) is 5.56 Å². The summed E-state index contributed by atoms with van der Waals surface area (Å²) in [7, 11) is 0. The van der Waals surface area contributed by atoms with Crippen molar-refractivity contribution in [1.82, 2.24) is 5.32 Å². The van der Waals surface area contributed by atoms with E-state index in [0.29, 0.717) is 5.56 Å². The highest BCUT2D eigenvalue weighted by atomic mass is 19.1. The lowest BCUT2D eigenvalue weighted by atomic mass is 10.1. The zero-order chi connectivity index (χ0) is 13.9. The van der Waals surface area contributed by atoms with E-state index in [4.69, 9.17) is 10.2 Å². The first-order valence-corrected chi connectivity index (χ1v) is 4.85. The van der Waals surface area contributed by atoms with Crippen LogP contribution >= 0.6 is 0 Å². The van der Waals surface area contributed by atoms with E-state index in [2.05, 4.69) is 0 Å². The SMILES string of the molecule is Cc1ccc(C(=O)NC(C(=O)O)C(=O)O)cc1F. The first-order chi connectivity index (χ1) is 8.32. The van der Waals surface area contributed by atoms with Crippen LogP contribution in [0.25, 0.3) is 0 Å². The Morgan fingerprint density at radius 3 is 2.22 bits per heavy atom. The van der Waals surface area contributed by atoms with Crippen LogP contribution in [0.1, 0.15) is 15.9 Å². The van der Waals surface area contributed by atoms with Crippen molar-refractivity contribution >= 4 is 17.8 Å². The predicted octanol–water partition coefficient (Wildman–Crippen LogP) is 0.402. The van der Waals surface area contributed by atoms with E-state index in [1.165, 1.54) is 19.1 Å². The van der Waals surface area contributed by atoms with Gasteiger partial charge < -0.3 is 15.5 Å². The third-order valence-electron chi connectivity index (χ3n) is 2.20. The lowest BCUT2D eigenvalue weighted by molar-refractivity contribution is -0.150. The summed E-state index contributed by atoms with van der Waals surface area (Å²) < 4.78 is 13.2. The molecule has 0 fully saturated rings. The number of rotatable bonds is 4. The van der Waals surface area contributed by atoms with Crippen molar-refractivity contribution in [3.05, 3.63) is 35.1 Å². The molecule has 18 heavy (non-hydrogen) atoms. The van der Waals surface area contributed by atoms with Gasteiger partial charge in [0.05, 0.1) is 0 Å². The average Bonchev–Trinajstić information content (AvgIpc) is 2.28. The van der Waals surface area contributed by atoms with E-state index < -0.39 is 29.7 Å². The Morgan fingerprint density at radius 2 is 1.78 bits per heavy atom. The van der Waals surface area contributed by atoms with Crippen LogP contribution in [-0.2, 0) is 9.59 Å². The van der Waals surface area contributed by atoms with Crippen LogP contribution < -0.4 is 5.32 Å². The molecule has 1 amide bonds. The highest BCUT2D eigenvalue weighted by Gasteiger charge is 2.28. The number of nitrogens with one attached hydrogen (secondary N) is 1. The van der Waals surface area contributed by atoms with Gasteiger partial charge in [-0.25, -0.2) is 14.0 Å². The monoisotopic (exact) mass is 255 g/mol. The molecule has 0 radical (unpaired) electrons. The topological polar surface area (TPSA) is 104 Å². The average molecular weight is 255 g/mol. The molecule has 96 valence electrons. The maximum absolute atomic E-state index is 13.2. The molecule has 3 N–H and O–H groups in total. The molecule has 0 heterocycles. The zero-order valence-electron chi connectivity index (χ0n) is 9.31. The van der Waals surface area contributed by atoms with Crippen molar-refractivity contribution in [3.8, 4) is 0 Å². The van der Waals surface area contributed by atoms with E-state index in [9.17, 15) is 18.8 Å². The lowest BCUT2D eigenvalue weighted by Crippen LogP contribution is -2.46. The number of aliphatic carboxylic acids is 2. The molecule has 1 aromatic rings. The van der Waals surface area contributed by atoms with Gasteiger partial charge in [-0.05, 0) is 24.6 Å². The molecule has 0 unspecified atom stereocenters. The van der Waals surface area contributed by atoms with Gasteiger partial charge in [-0.3, -0.25) is 4.79 Å². The van der Waals surface area contributed by atoms with Crippen LogP contribution in [0, 0.1) is 12.7 Å². The van der Waals surface area contributed by atoms with Crippen LogP contribution in [0.2, 0.25) is 0 Å². The molecule has 0 saturated carbocycles. The van der Waals surface area contributed by atoms with Crippen LogP contribution in [0.15, 0.2) is 18.2 Å². The van der Waals surface area contributed by atoms with Gasteiger partial charge in [0.25, 0.3) is 5.91 Å². The molecule has 0 bridgehead atoms. The smallest absolute Gasteiger partial charge is 0.338 e. The lowest BCUT2D eigenvalue weighted by Gasteiger charge is -2.10. The summed E-state index contributed by atoms with van der Waals surface area (Å²) >= 11 is 0. The summed E-state index contributed by atoms with van der Waals surface area (Å²) in [5.41, 5.74) is 0.171. The van der Waals surface area contributed by atoms with Crippen LogP contribution in [0.5, 0.6) is 0 Å². The number of hydrogen-bond donors (Lipinski definition) is 3. The summed E-state index contributed by atoms with van der Waals surface area (Å²) in [5.74, 6) is -5.01.